The minimum atomic E-state index is -0.343. The van der Waals surface area contributed by atoms with Crippen molar-refractivity contribution in [2.45, 2.75) is 36.1 Å². The second kappa shape index (κ2) is 9.86. The number of hydrogen-bond donors (Lipinski definition) is 1. The Morgan fingerprint density at radius 3 is 2.50 bits per heavy atom. The van der Waals surface area contributed by atoms with Crippen LogP contribution in [0.3, 0.4) is 0 Å². The Labute approximate surface area is 256 Å². The molecule has 0 spiro atoms. The van der Waals surface area contributed by atoms with E-state index < -0.39 is 0 Å². The van der Waals surface area contributed by atoms with Crippen LogP contribution in [0.4, 0.5) is 5.69 Å². The van der Waals surface area contributed by atoms with Crippen molar-refractivity contribution >= 4 is 52.2 Å². The molecule has 6 nitrogen and oxygen atoms in total. The zero-order chi connectivity index (χ0) is 28.7. The van der Waals surface area contributed by atoms with Crippen LogP contribution in [0.1, 0.15) is 33.9 Å². The number of ether oxygens (including phenoxy) is 1. The fourth-order valence-electron chi connectivity index (χ4n) is 7.97. The maximum atomic E-state index is 14.0. The molecule has 1 saturated heterocycles. The summed E-state index contributed by atoms with van der Waals surface area (Å²) in [5.74, 6) is 0.0396. The molecule has 3 heterocycles. The molecule has 3 aromatic carbocycles. The maximum absolute atomic E-state index is 14.0. The molecule has 1 aromatic heterocycles. The molecule has 4 aromatic rings. The van der Waals surface area contributed by atoms with Gasteiger partial charge in [0.15, 0.2) is 0 Å². The van der Waals surface area contributed by atoms with E-state index >= 15 is 0 Å². The fraction of sp³-hybridized carbons (Fsp3) is 0.303. The second-order valence-electron chi connectivity index (χ2n) is 11.8. The summed E-state index contributed by atoms with van der Waals surface area (Å²) in [5.41, 5.74) is 3.72. The standard InChI is InChI=1S/C33H27ClN2O4S2/c1-16-9-11-19(12-10-16)36-31(37)26-21-14-22(27(26)32(36)38)28-25(21)24(29-30(41-28)35-33(39)42-29)20-7-2-3-8-23(20)40-15-17-5-4-6-18(34)13-17/h2-13,21-22,24-28H,14-15H2,1H3,(H,35,39)/t21?,22?,24-,25?,26?,27?,28?/m1/s1. The zero-order valence-corrected chi connectivity index (χ0v) is 25.0. The van der Waals surface area contributed by atoms with E-state index in [1.165, 1.54) is 16.2 Å². The Balaban J connectivity index is 1.18. The molecule has 8 rings (SSSR count). The van der Waals surface area contributed by atoms with Crippen molar-refractivity contribution in [2.75, 3.05) is 4.90 Å². The molecular formula is C33H27ClN2O4S2. The number of carbonyl (C=O) groups is 2. The third-order valence-electron chi connectivity index (χ3n) is 9.55. The molecule has 1 N–H and O–H groups in total. The minimum Gasteiger partial charge on any atom is -0.489 e. The lowest BCUT2D eigenvalue weighted by atomic mass is 9.68. The van der Waals surface area contributed by atoms with Crippen LogP contribution in [0.5, 0.6) is 5.75 Å². The Bertz CT molecular complexity index is 1800. The van der Waals surface area contributed by atoms with Crippen LogP contribution in [0.15, 0.2) is 82.6 Å². The Kier molecular flexibility index (Phi) is 6.18. The van der Waals surface area contributed by atoms with E-state index in [4.69, 9.17) is 16.3 Å². The van der Waals surface area contributed by atoms with Gasteiger partial charge in [-0.1, -0.05) is 71.0 Å². The number of fused-ring (bicyclic) bond motifs is 9. The van der Waals surface area contributed by atoms with E-state index in [1.807, 2.05) is 73.7 Å². The molecule has 4 aliphatic rings. The van der Waals surface area contributed by atoms with Gasteiger partial charge in [0.2, 0.25) is 11.8 Å². The van der Waals surface area contributed by atoms with E-state index in [2.05, 4.69) is 11.1 Å². The number of para-hydroxylation sites is 1. The number of thioether (sulfide) groups is 1. The van der Waals surface area contributed by atoms with Crippen molar-refractivity contribution in [3.8, 4) is 5.75 Å². The van der Waals surface area contributed by atoms with Crippen LogP contribution in [0.2, 0.25) is 5.02 Å². The lowest BCUT2D eigenvalue weighted by Gasteiger charge is -2.43. The predicted molar refractivity (Wildman–Crippen MR) is 164 cm³/mol. The molecule has 2 aliphatic heterocycles. The highest BCUT2D eigenvalue weighted by molar-refractivity contribution is 8.00. The van der Waals surface area contributed by atoms with Gasteiger partial charge in [0.25, 0.3) is 0 Å². The summed E-state index contributed by atoms with van der Waals surface area (Å²) in [6.07, 6.45) is 0.845. The number of aromatic amines is 1. The van der Waals surface area contributed by atoms with Crippen LogP contribution in [-0.4, -0.2) is 22.0 Å². The van der Waals surface area contributed by atoms with Gasteiger partial charge >= 0.3 is 4.87 Å². The summed E-state index contributed by atoms with van der Waals surface area (Å²) in [5, 5.41) is 1.66. The summed E-state index contributed by atoms with van der Waals surface area (Å²) in [6, 6.07) is 23.3. The van der Waals surface area contributed by atoms with Crippen molar-refractivity contribution in [2.24, 2.45) is 29.6 Å². The van der Waals surface area contributed by atoms with Crippen LogP contribution in [0, 0.1) is 36.5 Å². The Morgan fingerprint density at radius 2 is 1.71 bits per heavy atom. The first-order chi connectivity index (χ1) is 20.4. The van der Waals surface area contributed by atoms with Crippen LogP contribution >= 0.6 is 34.7 Å². The number of thiazole rings is 1. The van der Waals surface area contributed by atoms with E-state index in [1.54, 1.807) is 11.8 Å². The number of halogens is 1. The van der Waals surface area contributed by atoms with Crippen molar-refractivity contribution in [3.05, 3.63) is 109 Å². The van der Waals surface area contributed by atoms with Crippen LogP contribution < -0.4 is 14.5 Å². The average molecular weight is 615 g/mol. The predicted octanol–water partition coefficient (Wildman–Crippen LogP) is 6.66. The number of nitrogens with zero attached hydrogens (tertiary/aromatic N) is 1. The number of imide groups is 1. The second-order valence-corrected chi connectivity index (χ2v) is 14.4. The molecule has 0 radical (unpaired) electrons. The van der Waals surface area contributed by atoms with Crippen molar-refractivity contribution in [1.29, 1.82) is 0 Å². The van der Waals surface area contributed by atoms with E-state index in [0.717, 1.165) is 38.8 Å². The van der Waals surface area contributed by atoms with Crippen molar-refractivity contribution in [3.63, 3.8) is 0 Å². The molecule has 2 amide bonds. The van der Waals surface area contributed by atoms with Crippen LogP contribution in [0.25, 0.3) is 0 Å². The van der Waals surface area contributed by atoms with Crippen LogP contribution in [-0.2, 0) is 16.2 Å². The largest absolute Gasteiger partial charge is 0.489 e. The highest BCUT2D eigenvalue weighted by Gasteiger charge is 2.69. The molecule has 3 fully saturated rings. The van der Waals surface area contributed by atoms with E-state index in [9.17, 15) is 14.4 Å². The minimum absolute atomic E-state index is 0.0423. The monoisotopic (exact) mass is 614 g/mol. The van der Waals surface area contributed by atoms with Gasteiger partial charge in [-0.2, -0.15) is 0 Å². The Morgan fingerprint density at radius 1 is 0.952 bits per heavy atom. The first kappa shape index (κ1) is 26.3. The average Bonchev–Trinajstić information content (AvgIpc) is 3.72. The summed E-state index contributed by atoms with van der Waals surface area (Å²) in [4.78, 5) is 46.0. The van der Waals surface area contributed by atoms with Crippen molar-refractivity contribution < 1.29 is 14.3 Å². The number of H-pyrrole nitrogens is 1. The van der Waals surface area contributed by atoms with Gasteiger partial charge in [-0.15, -0.1) is 11.8 Å². The highest BCUT2D eigenvalue weighted by Crippen LogP contribution is 2.69. The first-order valence-electron chi connectivity index (χ1n) is 14.2. The first-order valence-corrected chi connectivity index (χ1v) is 16.3. The number of aromatic nitrogens is 1. The number of nitrogens with one attached hydrogen (secondary N) is 1. The lowest BCUT2D eigenvalue weighted by Crippen LogP contribution is -2.42. The van der Waals surface area contributed by atoms with E-state index in [0.29, 0.717) is 17.3 Å². The summed E-state index contributed by atoms with van der Waals surface area (Å²) < 4.78 is 6.41. The molecular weight excluding hydrogens is 588 g/mol. The normalized spacial score (nSPS) is 29.0. The highest BCUT2D eigenvalue weighted by atomic mass is 35.5. The third kappa shape index (κ3) is 3.95. The molecule has 2 saturated carbocycles. The van der Waals surface area contributed by atoms with Gasteiger partial charge in [0.05, 0.1) is 22.5 Å². The topological polar surface area (TPSA) is 79.5 Å². The molecule has 212 valence electrons. The number of anilines is 1. The number of hydrogen-bond acceptors (Lipinski definition) is 6. The summed E-state index contributed by atoms with van der Waals surface area (Å²) in [7, 11) is 0. The fourth-order valence-corrected chi connectivity index (χ4v) is 11.1. The molecule has 42 heavy (non-hydrogen) atoms. The summed E-state index contributed by atoms with van der Waals surface area (Å²) in [6.45, 7) is 2.35. The lowest BCUT2D eigenvalue weighted by molar-refractivity contribution is -0.123. The van der Waals surface area contributed by atoms with Gasteiger partial charge in [-0.25, -0.2) is 0 Å². The SMILES string of the molecule is Cc1ccc(N2C(=O)C3C4CC(C3C2=O)C2C4Sc3[nH]c(=O)sc3[C@@H]2c2ccccc2OCc2cccc(Cl)c2)cc1. The molecule has 9 heteroatoms. The van der Waals surface area contributed by atoms with Gasteiger partial charge in [0, 0.05) is 26.6 Å². The molecule has 2 bridgehead atoms. The quantitative estimate of drug-likeness (QED) is 0.255. The third-order valence-corrected chi connectivity index (χ3v) is 12.4. The van der Waals surface area contributed by atoms with Gasteiger partial charge in [-0.3, -0.25) is 19.3 Å². The molecule has 2 aliphatic carbocycles. The number of aryl methyl sites for hydroxylation is 1. The molecule has 7 atom stereocenters. The maximum Gasteiger partial charge on any atom is 0.305 e. The molecule has 6 unspecified atom stereocenters. The Hall–Kier alpha value is -3.33. The van der Waals surface area contributed by atoms with E-state index in [-0.39, 0.29) is 57.4 Å². The number of benzene rings is 3. The van der Waals surface area contributed by atoms with Gasteiger partial charge < -0.3 is 9.72 Å². The van der Waals surface area contributed by atoms with Gasteiger partial charge in [-0.05, 0) is 67.0 Å². The van der Waals surface area contributed by atoms with Crippen molar-refractivity contribution in [1.82, 2.24) is 4.98 Å². The smallest absolute Gasteiger partial charge is 0.305 e. The number of amides is 2. The number of rotatable bonds is 5. The van der Waals surface area contributed by atoms with Gasteiger partial charge in [0.1, 0.15) is 12.4 Å². The zero-order valence-electron chi connectivity index (χ0n) is 22.7. The summed E-state index contributed by atoms with van der Waals surface area (Å²) >= 11 is 9.16. The number of carbonyl (C=O) groups excluding carboxylic acids is 2.